The molecule has 2 aliphatic rings. The molecule has 0 aliphatic heterocycles. The number of hydrogen-bond acceptors (Lipinski definition) is 2. The summed E-state index contributed by atoms with van der Waals surface area (Å²) in [6.45, 7) is 1.34. The highest BCUT2D eigenvalue weighted by Gasteiger charge is 2.43. The predicted molar refractivity (Wildman–Crippen MR) is 84.3 cm³/mol. The van der Waals surface area contributed by atoms with Crippen LogP contribution in [0.15, 0.2) is 24.3 Å². The van der Waals surface area contributed by atoms with Gasteiger partial charge in [-0.05, 0) is 50.6 Å². The smallest absolute Gasteiger partial charge is 0.127 e. The molecule has 0 spiro atoms. The number of nitrogens with two attached hydrogens (primary N) is 1. The van der Waals surface area contributed by atoms with Crippen LogP contribution in [0.25, 0.3) is 0 Å². The summed E-state index contributed by atoms with van der Waals surface area (Å²) < 4.78 is 13.9. The molecule has 2 aliphatic carbocycles. The van der Waals surface area contributed by atoms with Crippen LogP contribution in [-0.4, -0.2) is 24.0 Å². The number of halogens is 1. The minimum Gasteiger partial charge on any atom is -0.329 e. The van der Waals surface area contributed by atoms with Crippen LogP contribution in [0.4, 0.5) is 4.39 Å². The summed E-state index contributed by atoms with van der Waals surface area (Å²) in [5.41, 5.74) is 7.02. The molecule has 21 heavy (non-hydrogen) atoms. The van der Waals surface area contributed by atoms with Crippen LogP contribution < -0.4 is 5.73 Å². The Kier molecular flexibility index (Phi) is 4.32. The first-order valence-corrected chi connectivity index (χ1v) is 8.29. The van der Waals surface area contributed by atoms with Gasteiger partial charge in [0.25, 0.3) is 0 Å². The maximum Gasteiger partial charge on any atom is 0.127 e. The Morgan fingerprint density at radius 2 is 2.00 bits per heavy atom. The van der Waals surface area contributed by atoms with Crippen molar-refractivity contribution in [2.45, 2.75) is 50.6 Å². The molecular formula is C18H27FN2. The summed E-state index contributed by atoms with van der Waals surface area (Å²) in [5, 5.41) is 0. The third-order valence-electron chi connectivity index (χ3n) is 5.70. The van der Waals surface area contributed by atoms with Gasteiger partial charge in [0.2, 0.25) is 0 Å². The van der Waals surface area contributed by atoms with Gasteiger partial charge in [-0.25, -0.2) is 4.39 Å². The van der Waals surface area contributed by atoms with Gasteiger partial charge in [0.15, 0.2) is 0 Å². The minimum atomic E-state index is -0.105. The SMILES string of the molecule is CN(Cc1ccccc1F)C1(CN)CCCC(C2CC2)C1. The van der Waals surface area contributed by atoms with Crippen molar-refractivity contribution < 1.29 is 4.39 Å². The van der Waals surface area contributed by atoms with Crippen LogP contribution >= 0.6 is 0 Å². The standard InChI is InChI=1S/C18H27FN2/c1-21(12-16-5-2-3-7-17(16)19)18(13-20)10-4-6-15(11-18)14-8-9-14/h2-3,5,7,14-15H,4,6,8-13,20H2,1H3. The first kappa shape index (κ1) is 15.0. The normalized spacial score (nSPS) is 29.8. The van der Waals surface area contributed by atoms with E-state index in [4.69, 9.17) is 5.73 Å². The van der Waals surface area contributed by atoms with Gasteiger partial charge in [0.1, 0.15) is 5.82 Å². The van der Waals surface area contributed by atoms with Crippen LogP contribution in [0.5, 0.6) is 0 Å². The Balaban J connectivity index is 1.73. The molecule has 0 saturated heterocycles. The molecule has 2 unspecified atom stereocenters. The second-order valence-corrected chi connectivity index (χ2v) is 7.07. The molecule has 3 rings (SSSR count). The molecule has 116 valence electrons. The van der Waals surface area contributed by atoms with E-state index in [1.165, 1.54) is 32.1 Å². The number of rotatable bonds is 5. The van der Waals surface area contributed by atoms with Crippen molar-refractivity contribution in [3.63, 3.8) is 0 Å². The van der Waals surface area contributed by atoms with Crippen molar-refractivity contribution >= 4 is 0 Å². The lowest BCUT2D eigenvalue weighted by Crippen LogP contribution is -2.54. The van der Waals surface area contributed by atoms with Gasteiger partial charge >= 0.3 is 0 Å². The summed E-state index contributed by atoms with van der Waals surface area (Å²) in [5.74, 6) is 1.68. The predicted octanol–water partition coefficient (Wildman–Crippen LogP) is 3.56. The van der Waals surface area contributed by atoms with E-state index in [-0.39, 0.29) is 11.4 Å². The molecule has 2 saturated carbocycles. The highest BCUT2D eigenvalue weighted by atomic mass is 19.1. The van der Waals surface area contributed by atoms with Gasteiger partial charge in [-0.2, -0.15) is 0 Å². The van der Waals surface area contributed by atoms with Crippen molar-refractivity contribution in [2.24, 2.45) is 17.6 Å². The lowest BCUT2D eigenvalue weighted by atomic mass is 9.73. The number of hydrogen-bond donors (Lipinski definition) is 1. The Morgan fingerprint density at radius 3 is 2.67 bits per heavy atom. The van der Waals surface area contributed by atoms with Gasteiger partial charge in [-0.1, -0.05) is 31.0 Å². The summed E-state index contributed by atoms with van der Waals surface area (Å²) in [4.78, 5) is 2.32. The van der Waals surface area contributed by atoms with Crippen LogP contribution in [0.3, 0.4) is 0 Å². The summed E-state index contributed by atoms with van der Waals surface area (Å²) in [7, 11) is 2.12. The summed E-state index contributed by atoms with van der Waals surface area (Å²) in [6.07, 6.45) is 7.78. The number of likely N-dealkylation sites (N-methyl/N-ethyl adjacent to an activating group) is 1. The first-order chi connectivity index (χ1) is 10.1. The van der Waals surface area contributed by atoms with E-state index in [1.54, 1.807) is 12.1 Å². The zero-order chi connectivity index (χ0) is 14.9. The Morgan fingerprint density at radius 1 is 1.24 bits per heavy atom. The van der Waals surface area contributed by atoms with Gasteiger partial charge in [0, 0.05) is 24.2 Å². The molecule has 1 aromatic rings. The topological polar surface area (TPSA) is 29.3 Å². The zero-order valence-electron chi connectivity index (χ0n) is 13.0. The Labute approximate surface area is 127 Å². The highest BCUT2D eigenvalue weighted by Crippen LogP contribution is 2.47. The van der Waals surface area contributed by atoms with Crippen LogP contribution in [0.1, 0.15) is 44.1 Å². The maximum absolute atomic E-state index is 13.9. The van der Waals surface area contributed by atoms with Gasteiger partial charge in [-0.15, -0.1) is 0 Å². The number of nitrogens with zero attached hydrogens (tertiary/aromatic N) is 1. The van der Waals surface area contributed by atoms with Gasteiger partial charge in [-0.3, -0.25) is 4.90 Å². The Hall–Kier alpha value is -0.930. The van der Waals surface area contributed by atoms with Gasteiger partial charge in [0.05, 0.1) is 0 Å². The maximum atomic E-state index is 13.9. The third-order valence-corrected chi connectivity index (χ3v) is 5.70. The van der Waals surface area contributed by atoms with Crippen molar-refractivity contribution in [2.75, 3.05) is 13.6 Å². The second kappa shape index (κ2) is 6.05. The zero-order valence-corrected chi connectivity index (χ0v) is 13.0. The van der Waals surface area contributed by atoms with E-state index in [9.17, 15) is 4.39 Å². The Bertz CT molecular complexity index is 486. The van der Waals surface area contributed by atoms with E-state index in [2.05, 4.69) is 11.9 Å². The van der Waals surface area contributed by atoms with Crippen molar-refractivity contribution in [3.05, 3.63) is 35.6 Å². The molecule has 0 bridgehead atoms. The molecule has 2 fully saturated rings. The lowest BCUT2D eigenvalue weighted by Gasteiger charge is -2.47. The van der Waals surface area contributed by atoms with E-state index in [1.807, 2.05) is 12.1 Å². The summed E-state index contributed by atoms with van der Waals surface area (Å²) in [6, 6.07) is 7.10. The van der Waals surface area contributed by atoms with Gasteiger partial charge < -0.3 is 5.73 Å². The fourth-order valence-electron chi connectivity index (χ4n) is 4.09. The van der Waals surface area contributed by atoms with E-state index >= 15 is 0 Å². The van der Waals surface area contributed by atoms with Crippen LogP contribution in [0, 0.1) is 17.7 Å². The van der Waals surface area contributed by atoms with E-state index < -0.39 is 0 Å². The van der Waals surface area contributed by atoms with Crippen LogP contribution in [-0.2, 0) is 6.54 Å². The molecule has 2 nitrogen and oxygen atoms in total. The monoisotopic (exact) mass is 290 g/mol. The van der Waals surface area contributed by atoms with Crippen molar-refractivity contribution in [3.8, 4) is 0 Å². The molecule has 2 N–H and O–H groups in total. The molecule has 0 aromatic heterocycles. The molecule has 3 heteroatoms. The summed E-state index contributed by atoms with van der Waals surface area (Å²) >= 11 is 0. The third kappa shape index (κ3) is 3.14. The highest BCUT2D eigenvalue weighted by molar-refractivity contribution is 5.17. The fraction of sp³-hybridized carbons (Fsp3) is 0.667. The number of benzene rings is 1. The molecule has 0 radical (unpaired) electrons. The molecule has 1 aromatic carbocycles. The average Bonchev–Trinajstić information content (AvgIpc) is 3.34. The van der Waals surface area contributed by atoms with E-state index in [0.29, 0.717) is 13.1 Å². The molecule has 0 amide bonds. The minimum absolute atomic E-state index is 0.0633. The second-order valence-electron chi connectivity index (χ2n) is 7.07. The average molecular weight is 290 g/mol. The largest absolute Gasteiger partial charge is 0.329 e. The lowest BCUT2D eigenvalue weighted by molar-refractivity contribution is 0.0452. The van der Waals surface area contributed by atoms with Crippen molar-refractivity contribution in [1.82, 2.24) is 4.90 Å². The van der Waals surface area contributed by atoms with E-state index in [0.717, 1.165) is 23.8 Å². The first-order valence-electron chi connectivity index (χ1n) is 8.29. The molecular weight excluding hydrogens is 263 g/mol. The van der Waals surface area contributed by atoms with Crippen LogP contribution in [0.2, 0.25) is 0 Å². The van der Waals surface area contributed by atoms with Crippen molar-refractivity contribution in [1.29, 1.82) is 0 Å². The molecule has 2 atom stereocenters. The quantitative estimate of drug-likeness (QED) is 0.898. The fourth-order valence-corrected chi connectivity index (χ4v) is 4.09. The molecule has 0 heterocycles.